The highest BCUT2D eigenvalue weighted by molar-refractivity contribution is 5.98. The molecule has 8 nitrogen and oxygen atoms in total. The second-order valence-corrected chi connectivity index (χ2v) is 9.94. The number of fused-ring (bicyclic) bond motifs is 1. The highest BCUT2D eigenvalue weighted by Crippen LogP contribution is 2.33. The number of nitrogens with zero attached hydrogens (tertiary/aromatic N) is 5. The predicted molar refractivity (Wildman–Crippen MR) is 148 cm³/mol. The van der Waals surface area contributed by atoms with Gasteiger partial charge in [0.1, 0.15) is 11.7 Å². The number of likely N-dealkylation sites (N-methyl/N-ethyl adjacent to an activating group) is 1. The molecule has 0 atom stereocenters. The minimum atomic E-state index is 0.0380. The van der Waals surface area contributed by atoms with Gasteiger partial charge in [0.25, 0.3) is 5.91 Å². The SMILES string of the molecule is CN1CCN(c2ccc(-c3cnc4[nH]cc(-c5ccc(C(=O)N6CCOCC6)cc5)c4c3)cc2C#N)CC1. The van der Waals surface area contributed by atoms with E-state index in [0.717, 1.165) is 65.2 Å². The van der Waals surface area contributed by atoms with Crippen LogP contribution in [-0.4, -0.2) is 85.2 Å². The minimum Gasteiger partial charge on any atom is -0.378 e. The largest absolute Gasteiger partial charge is 0.378 e. The van der Waals surface area contributed by atoms with Gasteiger partial charge in [-0.1, -0.05) is 18.2 Å². The fourth-order valence-electron chi connectivity index (χ4n) is 5.27. The van der Waals surface area contributed by atoms with Gasteiger partial charge < -0.3 is 24.4 Å². The van der Waals surface area contributed by atoms with Gasteiger partial charge in [-0.3, -0.25) is 4.79 Å². The van der Waals surface area contributed by atoms with Gasteiger partial charge in [0.2, 0.25) is 0 Å². The summed E-state index contributed by atoms with van der Waals surface area (Å²) in [4.78, 5) is 27.2. The Labute approximate surface area is 222 Å². The van der Waals surface area contributed by atoms with Gasteiger partial charge in [-0.25, -0.2) is 4.98 Å². The second-order valence-electron chi connectivity index (χ2n) is 9.94. The molecule has 8 heteroatoms. The van der Waals surface area contributed by atoms with E-state index in [-0.39, 0.29) is 5.91 Å². The van der Waals surface area contributed by atoms with E-state index in [1.165, 1.54) is 0 Å². The number of carbonyl (C=O) groups is 1. The van der Waals surface area contributed by atoms with Crippen molar-refractivity contribution >= 4 is 22.6 Å². The zero-order valence-corrected chi connectivity index (χ0v) is 21.5. The normalized spacial score (nSPS) is 16.5. The van der Waals surface area contributed by atoms with Crippen LogP contribution in [0, 0.1) is 11.3 Å². The number of piperazine rings is 1. The lowest BCUT2D eigenvalue weighted by molar-refractivity contribution is 0.0303. The zero-order chi connectivity index (χ0) is 26.1. The molecular formula is C30H30N6O2. The van der Waals surface area contributed by atoms with E-state index in [4.69, 9.17) is 4.74 Å². The smallest absolute Gasteiger partial charge is 0.254 e. The average Bonchev–Trinajstić information content (AvgIpc) is 3.41. The van der Waals surface area contributed by atoms with Crippen molar-refractivity contribution < 1.29 is 9.53 Å². The highest BCUT2D eigenvalue weighted by atomic mass is 16.5. The van der Waals surface area contributed by atoms with Crippen molar-refractivity contribution in [1.29, 1.82) is 5.26 Å². The number of amides is 1. The minimum absolute atomic E-state index is 0.0380. The predicted octanol–water partition coefficient (Wildman–Crippen LogP) is 3.99. The van der Waals surface area contributed by atoms with E-state index in [9.17, 15) is 10.1 Å². The van der Waals surface area contributed by atoms with E-state index in [1.54, 1.807) is 0 Å². The topological polar surface area (TPSA) is 88.5 Å². The molecule has 2 aromatic carbocycles. The van der Waals surface area contributed by atoms with Crippen LogP contribution < -0.4 is 4.90 Å². The molecule has 0 spiro atoms. The number of morpholine rings is 1. The molecule has 2 aromatic heterocycles. The summed E-state index contributed by atoms with van der Waals surface area (Å²) in [6, 6.07) is 18.4. The molecule has 4 heterocycles. The number of anilines is 1. The lowest BCUT2D eigenvalue weighted by Gasteiger charge is -2.34. The van der Waals surface area contributed by atoms with Gasteiger partial charge in [0.05, 0.1) is 24.5 Å². The second kappa shape index (κ2) is 10.3. The molecule has 0 bridgehead atoms. The van der Waals surface area contributed by atoms with Gasteiger partial charge >= 0.3 is 0 Å². The summed E-state index contributed by atoms with van der Waals surface area (Å²) in [5.41, 5.74) is 7.11. The van der Waals surface area contributed by atoms with Crippen LogP contribution in [0.25, 0.3) is 33.3 Å². The number of hydrogen-bond donors (Lipinski definition) is 1. The van der Waals surface area contributed by atoms with Crippen molar-refractivity contribution in [3.05, 3.63) is 72.1 Å². The molecule has 2 saturated heterocycles. The van der Waals surface area contributed by atoms with Crippen LogP contribution in [-0.2, 0) is 4.74 Å². The molecule has 2 fully saturated rings. The fraction of sp³-hybridized carbons (Fsp3) is 0.300. The Morgan fingerprint density at radius 3 is 2.42 bits per heavy atom. The van der Waals surface area contributed by atoms with Crippen molar-refractivity contribution in [2.45, 2.75) is 0 Å². The van der Waals surface area contributed by atoms with Crippen molar-refractivity contribution in [1.82, 2.24) is 19.8 Å². The van der Waals surface area contributed by atoms with Gasteiger partial charge in [-0.05, 0) is 48.5 Å². The first-order chi connectivity index (χ1) is 18.6. The molecule has 1 amide bonds. The summed E-state index contributed by atoms with van der Waals surface area (Å²) < 4.78 is 5.36. The molecular weight excluding hydrogens is 476 g/mol. The maximum absolute atomic E-state index is 12.8. The van der Waals surface area contributed by atoms with Crippen LogP contribution >= 0.6 is 0 Å². The molecule has 4 aromatic rings. The van der Waals surface area contributed by atoms with Crippen molar-refractivity contribution in [3.8, 4) is 28.3 Å². The first-order valence-corrected chi connectivity index (χ1v) is 13.0. The third kappa shape index (κ3) is 4.62. The molecule has 192 valence electrons. The highest BCUT2D eigenvalue weighted by Gasteiger charge is 2.20. The number of nitriles is 1. The summed E-state index contributed by atoms with van der Waals surface area (Å²) in [6.07, 6.45) is 3.80. The first-order valence-electron chi connectivity index (χ1n) is 13.0. The van der Waals surface area contributed by atoms with Crippen LogP contribution in [0.4, 0.5) is 5.69 Å². The van der Waals surface area contributed by atoms with Gasteiger partial charge in [0, 0.05) is 73.7 Å². The molecule has 0 saturated carbocycles. The summed E-state index contributed by atoms with van der Waals surface area (Å²) in [6.45, 7) is 6.25. The Morgan fingerprint density at radius 1 is 0.947 bits per heavy atom. The lowest BCUT2D eigenvalue weighted by Crippen LogP contribution is -2.44. The van der Waals surface area contributed by atoms with Crippen molar-refractivity contribution in [3.63, 3.8) is 0 Å². The van der Waals surface area contributed by atoms with E-state index in [0.29, 0.717) is 37.4 Å². The van der Waals surface area contributed by atoms with E-state index in [2.05, 4.69) is 51.1 Å². The van der Waals surface area contributed by atoms with Gasteiger partial charge in [-0.2, -0.15) is 5.26 Å². The molecule has 1 N–H and O–H groups in total. The van der Waals surface area contributed by atoms with E-state index in [1.807, 2.05) is 47.6 Å². The number of H-pyrrole nitrogens is 1. The molecule has 0 unspecified atom stereocenters. The fourth-order valence-corrected chi connectivity index (χ4v) is 5.27. The van der Waals surface area contributed by atoms with Gasteiger partial charge in [-0.15, -0.1) is 0 Å². The number of aromatic amines is 1. The number of carbonyl (C=O) groups excluding carboxylic acids is 1. The molecule has 0 aliphatic carbocycles. The Bertz CT molecular complexity index is 1510. The van der Waals surface area contributed by atoms with Crippen LogP contribution in [0.15, 0.2) is 60.9 Å². The number of ether oxygens (including phenoxy) is 1. The number of aromatic nitrogens is 2. The van der Waals surface area contributed by atoms with Crippen LogP contribution in [0.5, 0.6) is 0 Å². The Balaban J connectivity index is 1.28. The monoisotopic (exact) mass is 506 g/mol. The summed E-state index contributed by atoms with van der Waals surface area (Å²) in [5.74, 6) is 0.0380. The molecule has 2 aliphatic heterocycles. The summed E-state index contributed by atoms with van der Waals surface area (Å²) in [7, 11) is 2.13. The number of pyridine rings is 1. The van der Waals surface area contributed by atoms with Crippen LogP contribution in [0.2, 0.25) is 0 Å². The van der Waals surface area contributed by atoms with Crippen molar-refractivity contribution in [2.24, 2.45) is 0 Å². The van der Waals surface area contributed by atoms with Crippen LogP contribution in [0.1, 0.15) is 15.9 Å². The maximum Gasteiger partial charge on any atom is 0.254 e. The standard InChI is InChI=1S/C30H30N6O2/c1-34-8-10-35(11-9-34)28-7-6-23(16-24(28)18-31)25-17-26-27(20-33-29(26)32-19-25)21-2-4-22(5-3-21)30(37)36-12-14-38-15-13-36/h2-7,16-17,19-20H,8-15H2,1H3,(H,32,33). The molecule has 38 heavy (non-hydrogen) atoms. The van der Waals surface area contributed by atoms with Crippen LogP contribution in [0.3, 0.4) is 0 Å². The average molecular weight is 507 g/mol. The molecule has 0 radical (unpaired) electrons. The molecule has 6 rings (SSSR count). The van der Waals surface area contributed by atoms with Crippen molar-refractivity contribution in [2.75, 3.05) is 64.4 Å². The van der Waals surface area contributed by atoms with Gasteiger partial charge in [0.15, 0.2) is 0 Å². The van der Waals surface area contributed by atoms with E-state index >= 15 is 0 Å². The van der Waals surface area contributed by atoms with E-state index < -0.39 is 0 Å². The lowest BCUT2D eigenvalue weighted by atomic mass is 9.99. The zero-order valence-electron chi connectivity index (χ0n) is 21.5. The third-order valence-corrected chi connectivity index (χ3v) is 7.57. The number of rotatable bonds is 4. The maximum atomic E-state index is 12.8. The summed E-state index contributed by atoms with van der Waals surface area (Å²) >= 11 is 0. The Morgan fingerprint density at radius 2 is 1.68 bits per heavy atom. The molecule has 2 aliphatic rings. The first kappa shape index (κ1) is 24.2. The quantitative estimate of drug-likeness (QED) is 0.450. The summed E-state index contributed by atoms with van der Waals surface area (Å²) in [5, 5.41) is 10.9. The number of benzene rings is 2. The Hall–Kier alpha value is -4.19. The third-order valence-electron chi connectivity index (χ3n) is 7.57. The number of hydrogen-bond acceptors (Lipinski definition) is 6. The number of nitrogens with one attached hydrogen (secondary N) is 1. The Kier molecular flexibility index (Phi) is 6.54.